The lowest BCUT2D eigenvalue weighted by molar-refractivity contribution is -0.399. The van der Waals surface area contributed by atoms with Gasteiger partial charge < -0.3 is 5.73 Å². The van der Waals surface area contributed by atoms with Gasteiger partial charge in [-0.15, -0.1) is 0 Å². The van der Waals surface area contributed by atoms with Gasteiger partial charge in [-0.05, 0) is 31.9 Å². The Kier molecular flexibility index (Phi) is 3.64. The van der Waals surface area contributed by atoms with Gasteiger partial charge in [0, 0.05) is 12.0 Å². The van der Waals surface area contributed by atoms with Gasteiger partial charge >= 0.3 is 0 Å². The van der Waals surface area contributed by atoms with Gasteiger partial charge in [-0.25, -0.2) is 0 Å². The molecule has 0 aliphatic carbocycles. The van der Waals surface area contributed by atoms with Crippen molar-refractivity contribution in [1.29, 1.82) is 0 Å². The molecule has 0 heterocycles. The Morgan fingerprint density at radius 2 is 1.73 bits per heavy atom. The molecule has 1 atom stereocenters. The van der Waals surface area contributed by atoms with E-state index >= 15 is 0 Å². The van der Waals surface area contributed by atoms with Crippen LogP contribution in [0.3, 0.4) is 0 Å². The highest BCUT2D eigenvalue weighted by Crippen LogP contribution is 2.18. The summed E-state index contributed by atoms with van der Waals surface area (Å²) in [6.07, 6.45) is 0.797. The first-order valence-electron chi connectivity index (χ1n) is 5.42. The topological polar surface area (TPSA) is 44.7 Å². The van der Waals surface area contributed by atoms with E-state index in [2.05, 4.69) is 24.8 Å². The lowest BCUT2D eigenvalue weighted by atomic mass is 9.93. The molecule has 15 heavy (non-hydrogen) atoms. The minimum atomic E-state index is -0.120. The highest BCUT2D eigenvalue weighted by molar-refractivity contribution is 6.01. The fourth-order valence-corrected chi connectivity index (χ4v) is 1.96. The Balaban J connectivity index is 3.20. The molecular weight excluding hydrogens is 186 g/mol. The van der Waals surface area contributed by atoms with Gasteiger partial charge in [0.05, 0.1) is 0 Å². The molecule has 0 fully saturated rings. The Morgan fingerprint density at radius 3 is 2.13 bits per heavy atom. The number of carbonyl (C=O) groups excluding carboxylic acids is 1. The van der Waals surface area contributed by atoms with Crippen LogP contribution >= 0.6 is 0 Å². The van der Waals surface area contributed by atoms with Crippen LogP contribution in [0.1, 0.15) is 40.4 Å². The molecule has 1 unspecified atom stereocenters. The largest absolute Gasteiger partial charge is 0.349 e. The lowest BCUT2D eigenvalue weighted by Crippen LogP contribution is -2.64. The maximum absolute atomic E-state index is 12.1. The fourth-order valence-electron chi connectivity index (χ4n) is 1.96. The third-order valence-corrected chi connectivity index (χ3v) is 2.79. The lowest BCUT2D eigenvalue weighted by Gasteiger charge is -2.12. The van der Waals surface area contributed by atoms with Crippen molar-refractivity contribution in [3.05, 3.63) is 34.4 Å². The molecule has 0 bridgehead atoms. The van der Waals surface area contributed by atoms with E-state index in [1.165, 1.54) is 5.56 Å². The van der Waals surface area contributed by atoms with Gasteiger partial charge in [0.2, 0.25) is 5.78 Å². The molecule has 1 rings (SSSR count). The first-order chi connectivity index (χ1) is 6.97. The predicted molar refractivity (Wildman–Crippen MR) is 62.0 cm³/mol. The van der Waals surface area contributed by atoms with Crippen LogP contribution in [0.2, 0.25) is 0 Å². The molecule has 3 N–H and O–H groups in total. The highest BCUT2D eigenvalue weighted by Gasteiger charge is 2.20. The van der Waals surface area contributed by atoms with Crippen molar-refractivity contribution in [2.24, 2.45) is 0 Å². The number of Topliss-reactive ketones (excluding diaryl/α,β-unsaturated/α-hetero) is 1. The van der Waals surface area contributed by atoms with E-state index < -0.39 is 0 Å². The minimum Gasteiger partial charge on any atom is -0.349 e. The van der Waals surface area contributed by atoms with Crippen LogP contribution < -0.4 is 5.73 Å². The van der Waals surface area contributed by atoms with Crippen LogP contribution in [-0.4, -0.2) is 11.8 Å². The molecule has 0 aliphatic rings. The monoisotopic (exact) mass is 206 g/mol. The van der Waals surface area contributed by atoms with Crippen LogP contribution in [0.4, 0.5) is 0 Å². The quantitative estimate of drug-likeness (QED) is 0.753. The molecular formula is C13H20NO+. The van der Waals surface area contributed by atoms with Crippen LogP contribution in [0, 0.1) is 20.8 Å². The Hall–Kier alpha value is -1.15. The molecule has 0 spiro atoms. The number of benzene rings is 1. The molecule has 1 aromatic carbocycles. The predicted octanol–water partition coefficient (Wildman–Crippen LogP) is 1.82. The third kappa shape index (κ3) is 2.45. The smallest absolute Gasteiger partial charge is 0.220 e. The van der Waals surface area contributed by atoms with Crippen molar-refractivity contribution in [3.63, 3.8) is 0 Å². The second-order valence-electron chi connectivity index (χ2n) is 4.24. The third-order valence-electron chi connectivity index (χ3n) is 2.79. The van der Waals surface area contributed by atoms with Gasteiger partial charge in [-0.3, -0.25) is 4.79 Å². The summed E-state index contributed by atoms with van der Waals surface area (Å²) in [5, 5.41) is 0. The number of ketones is 1. The number of hydrogen-bond acceptors (Lipinski definition) is 1. The SMILES string of the molecule is CCC([NH3+])C(=O)c1c(C)cc(C)cc1C. The number of carbonyl (C=O) groups is 1. The summed E-state index contributed by atoms with van der Waals surface area (Å²) in [6, 6.07) is 4.00. The summed E-state index contributed by atoms with van der Waals surface area (Å²) in [5.41, 5.74) is 8.10. The Bertz CT molecular complexity index is 359. The van der Waals surface area contributed by atoms with Crippen molar-refractivity contribution in [3.8, 4) is 0 Å². The zero-order valence-electron chi connectivity index (χ0n) is 10.1. The van der Waals surface area contributed by atoms with Gasteiger partial charge in [0.1, 0.15) is 6.04 Å². The van der Waals surface area contributed by atoms with E-state index in [9.17, 15) is 4.79 Å². The average Bonchev–Trinajstić information content (AvgIpc) is 2.14. The summed E-state index contributed by atoms with van der Waals surface area (Å²) in [6.45, 7) is 8.04. The second-order valence-corrected chi connectivity index (χ2v) is 4.24. The van der Waals surface area contributed by atoms with E-state index in [1.807, 2.05) is 20.8 Å². The first kappa shape index (κ1) is 11.9. The normalized spacial score (nSPS) is 12.6. The van der Waals surface area contributed by atoms with Crippen molar-refractivity contribution in [2.75, 3.05) is 0 Å². The second kappa shape index (κ2) is 4.58. The zero-order chi connectivity index (χ0) is 11.6. The van der Waals surface area contributed by atoms with Gasteiger partial charge in [-0.2, -0.15) is 0 Å². The number of rotatable bonds is 3. The highest BCUT2D eigenvalue weighted by atomic mass is 16.1. The van der Waals surface area contributed by atoms with Crippen LogP contribution in [0.5, 0.6) is 0 Å². The van der Waals surface area contributed by atoms with Gasteiger partial charge in [0.15, 0.2) is 0 Å². The van der Waals surface area contributed by atoms with E-state index in [0.29, 0.717) is 0 Å². The van der Waals surface area contributed by atoms with Crippen molar-refractivity contribution < 1.29 is 10.5 Å². The molecule has 1 aromatic rings. The molecule has 0 aromatic heterocycles. The van der Waals surface area contributed by atoms with E-state index in [-0.39, 0.29) is 11.8 Å². The van der Waals surface area contributed by atoms with E-state index in [0.717, 1.165) is 23.1 Å². The zero-order valence-corrected chi connectivity index (χ0v) is 10.1. The van der Waals surface area contributed by atoms with Gasteiger partial charge in [0.25, 0.3) is 0 Å². The summed E-state index contributed by atoms with van der Waals surface area (Å²) < 4.78 is 0. The molecule has 0 amide bonds. The Morgan fingerprint density at radius 1 is 1.27 bits per heavy atom. The number of hydrogen-bond donors (Lipinski definition) is 1. The van der Waals surface area contributed by atoms with E-state index in [1.54, 1.807) is 0 Å². The fraction of sp³-hybridized carbons (Fsp3) is 0.462. The van der Waals surface area contributed by atoms with Crippen molar-refractivity contribution in [1.82, 2.24) is 0 Å². The first-order valence-corrected chi connectivity index (χ1v) is 5.42. The maximum atomic E-state index is 12.1. The molecule has 0 saturated carbocycles. The summed E-state index contributed by atoms with van der Waals surface area (Å²) in [4.78, 5) is 12.1. The van der Waals surface area contributed by atoms with Crippen LogP contribution in [0.25, 0.3) is 0 Å². The van der Waals surface area contributed by atoms with Gasteiger partial charge in [-0.1, -0.05) is 24.6 Å². The van der Waals surface area contributed by atoms with Crippen LogP contribution in [-0.2, 0) is 0 Å². The summed E-state index contributed by atoms with van der Waals surface area (Å²) in [5.74, 6) is 0.174. The minimum absolute atomic E-state index is 0.120. The summed E-state index contributed by atoms with van der Waals surface area (Å²) in [7, 11) is 0. The standard InChI is InChI=1S/C13H19NO/c1-5-11(14)13(15)12-9(3)6-8(2)7-10(12)4/h6-7,11H,5,14H2,1-4H3/p+1. The molecule has 0 saturated heterocycles. The average molecular weight is 206 g/mol. The number of aryl methyl sites for hydroxylation is 3. The molecule has 82 valence electrons. The van der Waals surface area contributed by atoms with Crippen molar-refractivity contribution >= 4 is 5.78 Å². The molecule has 0 aliphatic heterocycles. The van der Waals surface area contributed by atoms with Crippen LogP contribution in [0.15, 0.2) is 12.1 Å². The summed E-state index contributed by atoms with van der Waals surface area (Å²) >= 11 is 0. The van der Waals surface area contributed by atoms with E-state index in [4.69, 9.17) is 0 Å². The molecule has 2 heteroatoms. The number of quaternary nitrogens is 1. The maximum Gasteiger partial charge on any atom is 0.220 e. The van der Waals surface area contributed by atoms with Crippen molar-refractivity contribution in [2.45, 2.75) is 40.2 Å². The molecule has 0 radical (unpaired) electrons. The Labute approximate surface area is 91.5 Å². The molecule has 2 nitrogen and oxygen atoms in total.